The van der Waals surface area contributed by atoms with Gasteiger partial charge in [0.25, 0.3) is 0 Å². The quantitative estimate of drug-likeness (QED) is 0.699. The summed E-state index contributed by atoms with van der Waals surface area (Å²) >= 11 is 0. The fraction of sp³-hybridized carbons (Fsp3) is 0.895. The lowest BCUT2D eigenvalue weighted by Gasteiger charge is -2.63. The topological polar surface area (TPSA) is 77.4 Å². The Morgan fingerprint density at radius 3 is 2.28 bits per heavy atom. The molecule has 6 nitrogen and oxygen atoms in total. The van der Waals surface area contributed by atoms with Gasteiger partial charge in [-0.25, -0.2) is 0 Å². The van der Waals surface area contributed by atoms with Crippen LogP contribution in [0.2, 0.25) is 0 Å². The molecule has 4 aliphatic rings. The van der Waals surface area contributed by atoms with E-state index in [1.165, 1.54) is 6.08 Å². The first-order valence-electron chi connectivity index (χ1n) is 9.20. The first-order valence-corrected chi connectivity index (χ1v) is 9.20. The third kappa shape index (κ3) is 2.19. The minimum absolute atomic E-state index is 0.127. The molecule has 4 fully saturated rings. The lowest BCUT2D eigenvalue weighted by atomic mass is 9.48. The lowest BCUT2D eigenvalue weighted by Crippen LogP contribution is -2.72. The van der Waals surface area contributed by atoms with E-state index in [9.17, 15) is 10.2 Å². The van der Waals surface area contributed by atoms with Gasteiger partial charge in [0.1, 0.15) is 5.60 Å². The van der Waals surface area contributed by atoms with Crippen LogP contribution in [0.25, 0.3) is 0 Å². The Hall–Kier alpha value is -0.500. The van der Waals surface area contributed by atoms with Crippen molar-refractivity contribution in [2.45, 2.75) is 81.9 Å². The fourth-order valence-corrected chi connectivity index (χ4v) is 5.87. The van der Waals surface area contributed by atoms with Gasteiger partial charge in [-0.15, -0.1) is 6.58 Å². The minimum atomic E-state index is -1.42. The molecular weight excluding hydrogens is 324 g/mol. The van der Waals surface area contributed by atoms with Crippen LogP contribution in [0.3, 0.4) is 0 Å². The molecule has 0 aromatic carbocycles. The summed E-state index contributed by atoms with van der Waals surface area (Å²) in [6.07, 6.45) is 1.73. The van der Waals surface area contributed by atoms with Crippen molar-refractivity contribution in [2.24, 2.45) is 11.3 Å². The van der Waals surface area contributed by atoms with Crippen molar-refractivity contribution in [1.29, 1.82) is 0 Å². The van der Waals surface area contributed by atoms with Crippen LogP contribution in [0.5, 0.6) is 0 Å². The van der Waals surface area contributed by atoms with Crippen LogP contribution in [-0.4, -0.2) is 58.4 Å². The van der Waals surface area contributed by atoms with Crippen molar-refractivity contribution in [1.82, 2.24) is 0 Å². The lowest BCUT2D eigenvalue weighted by molar-refractivity contribution is -0.338. The van der Waals surface area contributed by atoms with Crippen molar-refractivity contribution in [2.75, 3.05) is 13.2 Å². The van der Waals surface area contributed by atoms with Crippen LogP contribution in [-0.2, 0) is 18.9 Å². The molecule has 4 rings (SSSR count). The number of aliphatic hydroxyl groups is 2. The van der Waals surface area contributed by atoms with Crippen LogP contribution in [0.1, 0.15) is 47.0 Å². The van der Waals surface area contributed by atoms with E-state index < -0.39 is 34.3 Å². The monoisotopic (exact) mass is 354 g/mol. The van der Waals surface area contributed by atoms with Gasteiger partial charge in [0.2, 0.25) is 0 Å². The van der Waals surface area contributed by atoms with Crippen LogP contribution in [0, 0.1) is 11.3 Å². The molecule has 6 heteroatoms. The molecule has 25 heavy (non-hydrogen) atoms. The molecule has 2 saturated heterocycles. The van der Waals surface area contributed by atoms with E-state index in [0.717, 1.165) is 0 Å². The predicted molar refractivity (Wildman–Crippen MR) is 89.7 cm³/mol. The second-order valence-corrected chi connectivity index (χ2v) is 9.06. The maximum absolute atomic E-state index is 11.3. The number of aliphatic hydroxyl groups excluding tert-OH is 1. The largest absolute Gasteiger partial charge is 0.390 e. The second kappa shape index (κ2) is 5.06. The highest BCUT2D eigenvalue weighted by Crippen LogP contribution is 2.65. The van der Waals surface area contributed by atoms with Crippen molar-refractivity contribution >= 4 is 0 Å². The van der Waals surface area contributed by atoms with E-state index >= 15 is 0 Å². The zero-order valence-electron chi connectivity index (χ0n) is 15.6. The number of rotatable bonds is 1. The molecule has 1 spiro atoms. The molecule has 0 bridgehead atoms. The molecule has 2 aliphatic heterocycles. The maximum atomic E-state index is 11.3. The molecule has 142 valence electrons. The average molecular weight is 354 g/mol. The Balaban J connectivity index is 1.82. The molecule has 0 radical (unpaired) electrons. The van der Waals surface area contributed by atoms with Crippen LogP contribution in [0.15, 0.2) is 12.7 Å². The number of fused-ring (bicyclic) bond motifs is 3. The van der Waals surface area contributed by atoms with Gasteiger partial charge in [0.05, 0.1) is 31.0 Å². The van der Waals surface area contributed by atoms with Gasteiger partial charge >= 0.3 is 0 Å². The summed E-state index contributed by atoms with van der Waals surface area (Å²) in [5, 5.41) is 22.1. The highest BCUT2D eigenvalue weighted by Gasteiger charge is 2.73. The zero-order chi connectivity index (χ0) is 18.3. The average Bonchev–Trinajstić information content (AvgIpc) is 3.06. The molecule has 0 aromatic rings. The number of ether oxygens (including phenoxy) is 4. The van der Waals surface area contributed by atoms with Gasteiger partial charge in [-0.1, -0.05) is 13.0 Å². The number of hydrogen-bond acceptors (Lipinski definition) is 6. The Bertz CT molecular complexity index is 584. The van der Waals surface area contributed by atoms with Crippen LogP contribution < -0.4 is 0 Å². The summed E-state index contributed by atoms with van der Waals surface area (Å²) in [6.45, 7) is 12.7. The standard InChI is InChI=1S/C19H30O6/c1-6-18(21)12-9-17(5)14(24-15(2,3)25-17)11-16(12,4)19(10-13(18)20)22-7-8-23-19/h6,12-14,20-21H,1,7-11H2,2-5H3/t12-,13-,14+,16+,17-,18-/m1/s1. The first-order chi connectivity index (χ1) is 11.5. The van der Waals surface area contributed by atoms with E-state index in [4.69, 9.17) is 18.9 Å². The van der Waals surface area contributed by atoms with Gasteiger partial charge in [0, 0.05) is 17.8 Å². The predicted octanol–water partition coefficient (Wildman–Crippen LogP) is 1.74. The highest BCUT2D eigenvalue weighted by atomic mass is 16.8. The molecule has 2 saturated carbocycles. The molecule has 2 aliphatic carbocycles. The zero-order valence-corrected chi connectivity index (χ0v) is 15.6. The molecule has 2 heterocycles. The normalized spacial score (nSPS) is 53.4. The maximum Gasteiger partial charge on any atom is 0.176 e. The van der Waals surface area contributed by atoms with Crippen molar-refractivity contribution in [3.8, 4) is 0 Å². The van der Waals surface area contributed by atoms with Crippen LogP contribution in [0.4, 0.5) is 0 Å². The van der Waals surface area contributed by atoms with E-state index in [1.54, 1.807) is 0 Å². The summed E-state index contributed by atoms with van der Waals surface area (Å²) in [5.41, 5.74) is -2.49. The SMILES string of the molecule is C=C[C@]1(O)[C@H](O)CC2(OCCO2)[C@@]2(C)C[C@@H]3OC(C)(C)O[C@]3(C)C[C@@H]12. The van der Waals surface area contributed by atoms with Gasteiger partial charge in [-0.2, -0.15) is 0 Å². The van der Waals surface area contributed by atoms with Gasteiger partial charge in [-0.3, -0.25) is 0 Å². The Kier molecular flexibility index (Phi) is 3.62. The Morgan fingerprint density at radius 1 is 1.04 bits per heavy atom. The molecule has 2 N–H and O–H groups in total. The smallest absolute Gasteiger partial charge is 0.176 e. The van der Waals surface area contributed by atoms with Crippen molar-refractivity contribution < 1.29 is 29.2 Å². The van der Waals surface area contributed by atoms with Gasteiger partial charge in [-0.05, 0) is 33.6 Å². The molecule has 6 atom stereocenters. The Morgan fingerprint density at radius 2 is 1.68 bits per heavy atom. The molecular formula is C19H30O6. The number of hydrogen-bond donors (Lipinski definition) is 2. The summed E-state index contributed by atoms with van der Waals surface area (Å²) in [7, 11) is 0. The summed E-state index contributed by atoms with van der Waals surface area (Å²) < 4.78 is 24.6. The van der Waals surface area contributed by atoms with E-state index in [2.05, 4.69) is 13.5 Å². The summed E-state index contributed by atoms with van der Waals surface area (Å²) in [6, 6.07) is 0. The third-order valence-electron chi connectivity index (χ3n) is 7.08. The highest BCUT2D eigenvalue weighted by molar-refractivity contribution is 5.23. The van der Waals surface area contributed by atoms with E-state index in [0.29, 0.717) is 26.1 Å². The van der Waals surface area contributed by atoms with Crippen LogP contribution >= 0.6 is 0 Å². The van der Waals surface area contributed by atoms with E-state index in [1.807, 2.05) is 20.8 Å². The molecule has 0 unspecified atom stereocenters. The summed E-state index contributed by atoms with van der Waals surface area (Å²) in [4.78, 5) is 0. The van der Waals surface area contributed by atoms with Crippen molar-refractivity contribution in [3.05, 3.63) is 12.7 Å². The van der Waals surface area contributed by atoms with Gasteiger partial charge < -0.3 is 29.2 Å². The van der Waals surface area contributed by atoms with Crippen molar-refractivity contribution in [3.63, 3.8) is 0 Å². The first kappa shape index (κ1) is 17.9. The third-order valence-corrected chi connectivity index (χ3v) is 7.08. The molecule has 0 aromatic heterocycles. The second-order valence-electron chi connectivity index (χ2n) is 9.06. The summed E-state index contributed by atoms with van der Waals surface area (Å²) in [5.74, 6) is -1.92. The van der Waals surface area contributed by atoms with Gasteiger partial charge in [0.15, 0.2) is 11.6 Å². The molecule has 0 amide bonds. The van der Waals surface area contributed by atoms with E-state index in [-0.39, 0.29) is 18.4 Å². The Labute approximate surface area is 149 Å². The minimum Gasteiger partial charge on any atom is -0.390 e. The fourth-order valence-electron chi connectivity index (χ4n) is 5.87.